The zero-order chi connectivity index (χ0) is 18.7. The molecule has 1 heterocycles. The quantitative estimate of drug-likeness (QED) is 0.683. The van der Waals surface area contributed by atoms with Gasteiger partial charge in [0.15, 0.2) is 0 Å². The van der Waals surface area contributed by atoms with Crippen LogP contribution in [0.1, 0.15) is 37.9 Å². The number of hydrogen-bond acceptors (Lipinski definition) is 2. The average Bonchev–Trinajstić information content (AvgIpc) is 2.96. The molecule has 2 aromatic carbocycles. The van der Waals surface area contributed by atoms with Crippen LogP contribution in [0.25, 0.3) is 10.9 Å². The van der Waals surface area contributed by atoms with E-state index in [2.05, 4.69) is 10.3 Å². The molecule has 3 rings (SSSR count). The van der Waals surface area contributed by atoms with Crippen molar-refractivity contribution in [2.24, 2.45) is 0 Å². The smallest absolute Gasteiger partial charge is 0.408 e. The van der Waals surface area contributed by atoms with E-state index in [1.165, 1.54) is 12.1 Å². The third-order valence-electron chi connectivity index (χ3n) is 4.04. The van der Waals surface area contributed by atoms with Crippen molar-refractivity contribution < 1.29 is 13.9 Å². The van der Waals surface area contributed by atoms with Crippen molar-refractivity contribution >= 4 is 17.0 Å². The van der Waals surface area contributed by atoms with E-state index < -0.39 is 17.7 Å². The molecular formula is C21H23FN2O2. The summed E-state index contributed by atoms with van der Waals surface area (Å²) in [5.74, 6) is -0.336. The first-order chi connectivity index (χ1) is 12.3. The molecular weight excluding hydrogens is 331 g/mol. The average molecular weight is 354 g/mol. The van der Waals surface area contributed by atoms with E-state index in [0.717, 1.165) is 16.5 Å². The third kappa shape index (κ3) is 4.42. The molecule has 2 N–H and O–H groups in total. The SMILES string of the molecule is CC(C)(C)OC(=O)NC(Cc1c[nH]c2ccccc12)c1cccc(F)c1. The molecule has 0 saturated heterocycles. The van der Waals surface area contributed by atoms with Crippen LogP contribution in [0.4, 0.5) is 9.18 Å². The molecule has 1 aromatic heterocycles. The Hall–Kier alpha value is -2.82. The molecule has 0 aliphatic carbocycles. The van der Waals surface area contributed by atoms with Crippen molar-refractivity contribution in [1.82, 2.24) is 10.3 Å². The van der Waals surface area contributed by atoms with Crippen LogP contribution in [0.2, 0.25) is 0 Å². The lowest BCUT2D eigenvalue weighted by molar-refractivity contribution is 0.0503. The van der Waals surface area contributed by atoms with E-state index in [0.29, 0.717) is 12.0 Å². The summed E-state index contributed by atoms with van der Waals surface area (Å²) in [6.45, 7) is 5.43. The van der Waals surface area contributed by atoms with Crippen LogP contribution in [0, 0.1) is 5.82 Å². The van der Waals surface area contributed by atoms with Crippen molar-refractivity contribution in [3.63, 3.8) is 0 Å². The molecule has 0 fully saturated rings. The van der Waals surface area contributed by atoms with Crippen LogP contribution < -0.4 is 5.32 Å². The highest BCUT2D eigenvalue weighted by molar-refractivity contribution is 5.83. The van der Waals surface area contributed by atoms with Crippen molar-refractivity contribution in [1.29, 1.82) is 0 Å². The predicted octanol–water partition coefficient (Wildman–Crippen LogP) is 5.12. The van der Waals surface area contributed by atoms with Gasteiger partial charge in [0.05, 0.1) is 6.04 Å². The van der Waals surface area contributed by atoms with Crippen LogP contribution in [-0.4, -0.2) is 16.7 Å². The molecule has 0 spiro atoms. The number of ether oxygens (including phenoxy) is 1. The molecule has 5 heteroatoms. The molecule has 0 radical (unpaired) electrons. The molecule has 26 heavy (non-hydrogen) atoms. The second-order valence-corrected chi connectivity index (χ2v) is 7.32. The number of amides is 1. The van der Waals surface area contributed by atoms with Crippen LogP contribution >= 0.6 is 0 Å². The van der Waals surface area contributed by atoms with E-state index >= 15 is 0 Å². The fourth-order valence-electron chi connectivity index (χ4n) is 2.95. The number of nitrogens with one attached hydrogen (secondary N) is 2. The molecule has 0 bridgehead atoms. The van der Waals surface area contributed by atoms with E-state index in [-0.39, 0.29) is 5.82 Å². The molecule has 0 aliphatic rings. The van der Waals surface area contributed by atoms with Gasteiger partial charge in [-0.25, -0.2) is 9.18 Å². The molecule has 1 amide bonds. The zero-order valence-corrected chi connectivity index (χ0v) is 15.2. The number of fused-ring (bicyclic) bond motifs is 1. The third-order valence-corrected chi connectivity index (χ3v) is 4.04. The number of carbonyl (C=O) groups excluding carboxylic acids is 1. The maximum absolute atomic E-state index is 13.7. The summed E-state index contributed by atoms with van der Waals surface area (Å²) in [4.78, 5) is 15.5. The van der Waals surface area contributed by atoms with Crippen molar-refractivity contribution in [2.45, 2.75) is 38.8 Å². The second kappa shape index (κ2) is 7.20. The van der Waals surface area contributed by atoms with Crippen LogP contribution in [0.5, 0.6) is 0 Å². The molecule has 0 saturated carbocycles. The number of rotatable bonds is 4. The number of aromatic nitrogens is 1. The molecule has 3 aromatic rings. The number of hydrogen-bond donors (Lipinski definition) is 2. The largest absolute Gasteiger partial charge is 0.444 e. The van der Waals surface area contributed by atoms with Gasteiger partial charge in [0, 0.05) is 17.1 Å². The van der Waals surface area contributed by atoms with Crippen molar-refractivity contribution in [3.05, 3.63) is 71.7 Å². The fourth-order valence-corrected chi connectivity index (χ4v) is 2.95. The van der Waals surface area contributed by atoms with Crippen LogP contribution in [-0.2, 0) is 11.2 Å². The number of para-hydroxylation sites is 1. The van der Waals surface area contributed by atoms with Gasteiger partial charge in [-0.1, -0.05) is 30.3 Å². The van der Waals surface area contributed by atoms with Gasteiger partial charge in [0.2, 0.25) is 0 Å². The zero-order valence-electron chi connectivity index (χ0n) is 15.2. The first-order valence-electron chi connectivity index (χ1n) is 8.62. The minimum Gasteiger partial charge on any atom is -0.444 e. The van der Waals surface area contributed by atoms with E-state index in [4.69, 9.17) is 4.74 Å². The lowest BCUT2D eigenvalue weighted by atomic mass is 9.98. The first-order valence-corrected chi connectivity index (χ1v) is 8.62. The summed E-state index contributed by atoms with van der Waals surface area (Å²) < 4.78 is 19.1. The number of aromatic amines is 1. The molecule has 136 valence electrons. The number of H-pyrrole nitrogens is 1. The van der Waals surface area contributed by atoms with Gasteiger partial charge in [0.25, 0.3) is 0 Å². The van der Waals surface area contributed by atoms with Gasteiger partial charge in [-0.2, -0.15) is 0 Å². The lowest BCUT2D eigenvalue weighted by Gasteiger charge is -2.24. The summed E-state index contributed by atoms with van der Waals surface area (Å²) in [7, 11) is 0. The monoisotopic (exact) mass is 354 g/mol. The molecule has 1 atom stereocenters. The highest BCUT2D eigenvalue weighted by atomic mass is 19.1. The Bertz CT molecular complexity index is 912. The fraction of sp³-hybridized carbons (Fsp3) is 0.286. The molecule has 1 unspecified atom stereocenters. The number of halogens is 1. The maximum Gasteiger partial charge on any atom is 0.408 e. The Morgan fingerprint density at radius 1 is 1.19 bits per heavy atom. The van der Waals surface area contributed by atoms with E-state index in [9.17, 15) is 9.18 Å². The van der Waals surface area contributed by atoms with Crippen molar-refractivity contribution in [3.8, 4) is 0 Å². The van der Waals surface area contributed by atoms with E-state index in [1.54, 1.807) is 12.1 Å². The maximum atomic E-state index is 13.7. The Balaban J connectivity index is 1.89. The standard InChI is InChI=1S/C21H23FN2O2/c1-21(2,3)26-20(25)24-19(14-7-6-8-16(22)11-14)12-15-13-23-18-10-5-4-9-17(15)18/h4-11,13,19,23H,12H2,1-3H3,(H,24,25). The summed E-state index contributed by atoms with van der Waals surface area (Å²) in [5, 5.41) is 3.96. The highest BCUT2D eigenvalue weighted by Gasteiger charge is 2.22. The van der Waals surface area contributed by atoms with Gasteiger partial charge in [0.1, 0.15) is 11.4 Å². The van der Waals surface area contributed by atoms with E-state index in [1.807, 2.05) is 51.2 Å². The van der Waals surface area contributed by atoms with Crippen LogP contribution in [0.15, 0.2) is 54.7 Å². The Morgan fingerprint density at radius 2 is 1.96 bits per heavy atom. The Labute approximate surface area is 152 Å². The van der Waals surface area contributed by atoms with Gasteiger partial charge in [-0.15, -0.1) is 0 Å². The summed E-state index contributed by atoms with van der Waals surface area (Å²) in [6.07, 6.45) is 1.92. The highest BCUT2D eigenvalue weighted by Crippen LogP contribution is 2.25. The number of alkyl carbamates (subject to hydrolysis) is 1. The van der Waals surface area contributed by atoms with Gasteiger partial charge >= 0.3 is 6.09 Å². The minimum absolute atomic E-state index is 0.336. The molecule has 0 aliphatic heterocycles. The minimum atomic E-state index is -0.600. The topological polar surface area (TPSA) is 54.1 Å². The Morgan fingerprint density at radius 3 is 2.69 bits per heavy atom. The second-order valence-electron chi connectivity index (χ2n) is 7.32. The normalized spacial score (nSPS) is 12.8. The summed E-state index contributed by atoms with van der Waals surface area (Å²) in [6, 6.07) is 13.8. The van der Waals surface area contributed by atoms with Crippen molar-refractivity contribution in [2.75, 3.05) is 0 Å². The summed E-state index contributed by atoms with van der Waals surface area (Å²) in [5.41, 5.74) is 2.17. The number of carbonyl (C=O) groups is 1. The van der Waals surface area contributed by atoms with Crippen LogP contribution in [0.3, 0.4) is 0 Å². The lowest BCUT2D eigenvalue weighted by Crippen LogP contribution is -2.35. The number of benzene rings is 2. The predicted molar refractivity (Wildman–Crippen MR) is 101 cm³/mol. The molecule has 4 nitrogen and oxygen atoms in total. The van der Waals surface area contributed by atoms with Gasteiger partial charge in [-0.05, 0) is 56.5 Å². The first kappa shape index (κ1) is 18.0. The summed E-state index contributed by atoms with van der Waals surface area (Å²) >= 11 is 0. The van der Waals surface area contributed by atoms with Gasteiger partial charge in [-0.3, -0.25) is 0 Å². The Kier molecular flexibility index (Phi) is 4.98. The van der Waals surface area contributed by atoms with Gasteiger partial charge < -0.3 is 15.0 Å².